The molecular formula is C14H17N3O3S. The summed E-state index contributed by atoms with van der Waals surface area (Å²) in [6, 6.07) is 6.38. The number of hydrogen-bond acceptors (Lipinski definition) is 4. The first-order valence-corrected chi connectivity index (χ1v) is 6.97. The van der Waals surface area contributed by atoms with Crippen LogP contribution < -0.4 is 10.9 Å². The molecule has 1 atom stereocenters. The van der Waals surface area contributed by atoms with Gasteiger partial charge in [-0.1, -0.05) is 12.1 Å². The van der Waals surface area contributed by atoms with Gasteiger partial charge in [0.05, 0.1) is 17.5 Å². The molecule has 1 aromatic carbocycles. The van der Waals surface area contributed by atoms with E-state index in [0.717, 1.165) is 0 Å². The van der Waals surface area contributed by atoms with Crippen LogP contribution in [0.3, 0.4) is 0 Å². The Morgan fingerprint density at radius 3 is 2.90 bits per heavy atom. The molecule has 0 aliphatic carbocycles. The lowest BCUT2D eigenvalue weighted by Gasteiger charge is -2.15. The molecular weight excluding hydrogens is 290 g/mol. The average Bonchev–Trinajstić information content (AvgIpc) is 2.47. The fraction of sp³-hybridized carbons (Fsp3) is 0.357. The third-order valence-corrected chi connectivity index (χ3v) is 3.51. The molecule has 112 valence electrons. The van der Waals surface area contributed by atoms with Crippen molar-refractivity contribution in [3.8, 4) is 0 Å². The van der Waals surface area contributed by atoms with Gasteiger partial charge >= 0.3 is 0 Å². The van der Waals surface area contributed by atoms with Crippen molar-refractivity contribution in [3.63, 3.8) is 0 Å². The highest BCUT2D eigenvalue weighted by molar-refractivity contribution is 7.71. The first kappa shape index (κ1) is 15.4. The Labute approximate surface area is 126 Å². The molecule has 2 N–H and O–H groups in total. The lowest BCUT2D eigenvalue weighted by atomic mass is 10.2. The van der Waals surface area contributed by atoms with Crippen LogP contribution in [-0.2, 0) is 9.53 Å². The Kier molecular flexibility index (Phi) is 4.87. The van der Waals surface area contributed by atoms with Crippen molar-refractivity contribution in [2.24, 2.45) is 0 Å². The Bertz CT molecular complexity index is 766. The summed E-state index contributed by atoms with van der Waals surface area (Å²) in [4.78, 5) is 27.5. The monoisotopic (exact) mass is 307 g/mol. The molecule has 1 aromatic heterocycles. The number of para-hydroxylation sites is 1. The third-order valence-electron chi connectivity index (χ3n) is 3.21. The van der Waals surface area contributed by atoms with E-state index in [4.69, 9.17) is 17.0 Å². The Morgan fingerprint density at radius 2 is 2.19 bits per heavy atom. The first-order chi connectivity index (χ1) is 10.1. The lowest BCUT2D eigenvalue weighted by molar-refractivity contribution is -0.124. The summed E-state index contributed by atoms with van der Waals surface area (Å²) in [6.45, 7) is 2.44. The highest BCUT2D eigenvalue weighted by Gasteiger charge is 2.18. The van der Waals surface area contributed by atoms with Gasteiger partial charge in [0.1, 0.15) is 6.04 Å². The van der Waals surface area contributed by atoms with Crippen molar-refractivity contribution in [1.29, 1.82) is 0 Å². The smallest absolute Gasteiger partial charge is 0.262 e. The number of amides is 1. The van der Waals surface area contributed by atoms with Crippen molar-refractivity contribution >= 4 is 29.0 Å². The van der Waals surface area contributed by atoms with Crippen molar-refractivity contribution in [1.82, 2.24) is 14.9 Å². The molecule has 0 aliphatic rings. The number of H-pyrrole nitrogens is 1. The average molecular weight is 307 g/mol. The van der Waals surface area contributed by atoms with Crippen molar-refractivity contribution < 1.29 is 9.53 Å². The summed E-state index contributed by atoms with van der Waals surface area (Å²) >= 11 is 5.20. The number of aromatic amines is 1. The second-order valence-corrected chi connectivity index (χ2v) is 5.00. The molecule has 2 aromatic rings. The molecule has 2 rings (SSSR count). The molecule has 0 fully saturated rings. The Balaban J connectivity index is 2.39. The molecule has 0 aliphatic heterocycles. The number of nitrogens with one attached hydrogen (secondary N) is 2. The van der Waals surface area contributed by atoms with Gasteiger partial charge in [0.2, 0.25) is 5.91 Å². The summed E-state index contributed by atoms with van der Waals surface area (Å²) in [7, 11) is 1.56. The maximum atomic E-state index is 12.5. The SMILES string of the molecule is COCCNC(=O)C(C)n1c(=S)[nH]c2ccccc2c1=O. The van der Waals surface area contributed by atoms with Gasteiger partial charge < -0.3 is 15.0 Å². The highest BCUT2D eigenvalue weighted by Crippen LogP contribution is 2.09. The molecule has 0 saturated carbocycles. The van der Waals surface area contributed by atoms with E-state index in [9.17, 15) is 9.59 Å². The van der Waals surface area contributed by atoms with E-state index in [1.54, 1.807) is 32.2 Å². The van der Waals surface area contributed by atoms with Gasteiger partial charge in [0.15, 0.2) is 4.77 Å². The minimum absolute atomic E-state index is 0.230. The maximum absolute atomic E-state index is 12.5. The number of nitrogens with zero attached hydrogens (tertiary/aromatic N) is 1. The number of hydrogen-bond donors (Lipinski definition) is 2. The zero-order chi connectivity index (χ0) is 15.4. The van der Waals surface area contributed by atoms with Gasteiger partial charge in [0, 0.05) is 13.7 Å². The van der Waals surface area contributed by atoms with Crippen LogP contribution in [0.2, 0.25) is 0 Å². The Morgan fingerprint density at radius 1 is 1.48 bits per heavy atom. The summed E-state index contributed by atoms with van der Waals surface area (Å²) in [6.07, 6.45) is 0. The normalized spacial score (nSPS) is 12.3. The minimum Gasteiger partial charge on any atom is -0.383 e. The molecule has 7 heteroatoms. The number of carbonyl (C=O) groups excluding carboxylic acids is 1. The molecule has 1 amide bonds. The van der Waals surface area contributed by atoms with E-state index >= 15 is 0 Å². The standard InChI is InChI=1S/C14H17N3O3S/c1-9(12(18)15-7-8-20-2)17-13(19)10-5-3-4-6-11(10)16-14(17)21/h3-6,9H,7-8H2,1-2H3,(H,15,18)(H,16,21). The van der Waals surface area contributed by atoms with Crippen LogP contribution in [0.4, 0.5) is 0 Å². The predicted molar refractivity (Wildman–Crippen MR) is 83.0 cm³/mol. The highest BCUT2D eigenvalue weighted by atomic mass is 32.1. The molecule has 21 heavy (non-hydrogen) atoms. The van der Waals surface area contributed by atoms with E-state index in [2.05, 4.69) is 10.3 Å². The molecule has 0 spiro atoms. The predicted octanol–water partition coefficient (Wildman–Crippen LogP) is 1.38. The first-order valence-electron chi connectivity index (χ1n) is 6.56. The van der Waals surface area contributed by atoms with E-state index in [-0.39, 0.29) is 16.2 Å². The van der Waals surface area contributed by atoms with Crippen molar-refractivity contribution in [3.05, 3.63) is 39.4 Å². The second-order valence-electron chi connectivity index (χ2n) is 4.61. The fourth-order valence-electron chi connectivity index (χ4n) is 2.07. The van der Waals surface area contributed by atoms with Gasteiger partial charge in [0.25, 0.3) is 5.56 Å². The number of carbonyl (C=O) groups is 1. The number of ether oxygens (including phenoxy) is 1. The molecule has 1 heterocycles. The summed E-state index contributed by atoms with van der Waals surface area (Å²) < 4.78 is 6.39. The van der Waals surface area contributed by atoms with Gasteiger partial charge in [-0.2, -0.15) is 0 Å². The number of methoxy groups -OCH3 is 1. The number of fused-ring (bicyclic) bond motifs is 1. The van der Waals surface area contributed by atoms with Gasteiger partial charge in [-0.15, -0.1) is 0 Å². The fourth-order valence-corrected chi connectivity index (χ4v) is 2.42. The van der Waals surface area contributed by atoms with Crippen LogP contribution in [0.1, 0.15) is 13.0 Å². The van der Waals surface area contributed by atoms with E-state index in [1.165, 1.54) is 4.57 Å². The van der Waals surface area contributed by atoms with E-state index in [1.807, 2.05) is 6.07 Å². The Hall–Kier alpha value is -1.99. The third kappa shape index (κ3) is 3.20. The van der Waals surface area contributed by atoms with Crippen molar-refractivity contribution in [2.75, 3.05) is 20.3 Å². The largest absolute Gasteiger partial charge is 0.383 e. The summed E-state index contributed by atoms with van der Waals surface area (Å²) in [5.41, 5.74) is 0.388. The molecule has 0 radical (unpaired) electrons. The zero-order valence-corrected chi connectivity index (χ0v) is 12.7. The van der Waals surface area contributed by atoms with Crippen LogP contribution in [-0.4, -0.2) is 35.7 Å². The number of rotatable bonds is 5. The van der Waals surface area contributed by atoms with E-state index < -0.39 is 6.04 Å². The lowest BCUT2D eigenvalue weighted by Crippen LogP contribution is -2.37. The molecule has 0 bridgehead atoms. The van der Waals surface area contributed by atoms with Gasteiger partial charge in [-0.25, -0.2) is 0 Å². The van der Waals surface area contributed by atoms with Crippen LogP contribution >= 0.6 is 12.2 Å². The summed E-state index contributed by atoms with van der Waals surface area (Å²) in [5, 5.41) is 3.20. The van der Waals surface area contributed by atoms with E-state index in [0.29, 0.717) is 24.1 Å². The molecule has 0 saturated heterocycles. The number of benzene rings is 1. The van der Waals surface area contributed by atoms with Crippen LogP contribution in [0.25, 0.3) is 10.9 Å². The minimum atomic E-state index is -0.692. The number of aromatic nitrogens is 2. The van der Waals surface area contributed by atoms with Crippen LogP contribution in [0.5, 0.6) is 0 Å². The zero-order valence-electron chi connectivity index (χ0n) is 11.9. The summed E-state index contributed by atoms with van der Waals surface area (Å²) in [5.74, 6) is -0.274. The van der Waals surface area contributed by atoms with Crippen molar-refractivity contribution in [2.45, 2.75) is 13.0 Å². The molecule has 6 nitrogen and oxygen atoms in total. The van der Waals surface area contributed by atoms with Crippen LogP contribution in [0.15, 0.2) is 29.1 Å². The van der Waals surface area contributed by atoms with Crippen LogP contribution in [0, 0.1) is 4.77 Å². The molecule has 1 unspecified atom stereocenters. The van der Waals surface area contributed by atoms with Gasteiger partial charge in [-0.05, 0) is 31.3 Å². The second kappa shape index (κ2) is 6.64. The quantitative estimate of drug-likeness (QED) is 0.646. The van der Waals surface area contributed by atoms with Gasteiger partial charge in [-0.3, -0.25) is 14.2 Å². The topological polar surface area (TPSA) is 76.1 Å². The maximum Gasteiger partial charge on any atom is 0.262 e.